The highest BCUT2D eigenvalue weighted by molar-refractivity contribution is 6.30. The molecule has 2 rings (SSSR count). The van der Waals surface area contributed by atoms with Crippen molar-refractivity contribution in [3.8, 4) is 6.07 Å². The van der Waals surface area contributed by atoms with Crippen LogP contribution in [0.2, 0.25) is 5.02 Å². The van der Waals surface area contributed by atoms with Gasteiger partial charge in [0.2, 0.25) is 5.76 Å². The summed E-state index contributed by atoms with van der Waals surface area (Å²) in [6.45, 7) is 0.281. The number of nitrogens with zero attached hydrogens (tertiary/aromatic N) is 1. The molecule has 6 heteroatoms. The van der Waals surface area contributed by atoms with Gasteiger partial charge in [0.15, 0.2) is 0 Å². The van der Waals surface area contributed by atoms with Gasteiger partial charge >= 0.3 is 5.97 Å². The van der Waals surface area contributed by atoms with Gasteiger partial charge < -0.3 is 14.8 Å². The fourth-order valence-corrected chi connectivity index (χ4v) is 1.71. The van der Waals surface area contributed by atoms with Gasteiger partial charge in [-0.05, 0) is 30.3 Å². The minimum absolute atomic E-state index is 0.117. The summed E-state index contributed by atoms with van der Waals surface area (Å²) in [7, 11) is 0. The lowest BCUT2D eigenvalue weighted by Crippen LogP contribution is -2.00. The van der Waals surface area contributed by atoms with E-state index in [0.717, 1.165) is 0 Å². The summed E-state index contributed by atoms with van der Waals surface area (Å²) in [4.78, 5) is 10.7. The Balaban J connectivity index is 2.10. The number of carboxylic acid groups (broad SMARTS) is 1. The molecule has 1 aromatic heterocycles. The highest BCUT2D eigenvalue weighted by atomic mass is 35.5. The quantitative estimate of drug-likeness (QED) is 0.896. The lowest BCUT2D eigenvalue weighted by molar-refractivity contribution is 0.0660. The first kappa shape index (κ1) is 13.0. The maximum absolute atomic E-state index is 10.7. The summed E-state index contributed by atoms with van der Waals surface area (Å²) in [6.07, 6.45) is 0. The van der Waals surface area contributed by atoms with Crippen LogP contribution in [0.5, 0.6) is 0 Å². The maximum Gasteiger partial charge on any atom is 0.371 e. The summed E-state index contributed by atoms with van der Waals surface area (Å²) in [6, 6.07) is 9.87. The summed E-state index contributed by atoms with van der Waals surface area (Å²) < 4.78 is 5.09. The minimum Gasteiger partial charge on any atom is -0.475 e. The zero-order valence-corrected chi connectivity index (χ0v) is 10.4. The fraction of sp³-hybridized carbons (Fsp3) is 0.0769. The Morgan fingerprint density at radius 1 is 1.42 bits per heavy atom. The Morgan fingerprint density at radius 3 is 2.84 bits per heavy atom. The second-order valence-corrected chi connectivity index (χ2v) is 4.16. The van der Waals surface area contributed by atoms with E-state index in [1.54, 1.807) is 24.3 Å². The van der Waals surface area contributed by atoms with E-state index >= 15 is 0 Å². The molecular weight excluding hydrogens is 268 g/mol. The van der Waals surface area contributed by atoms with Crippen LogP contribution in [-0.2, 0) is 6.54 Å². The van der Waals surface area contributed by atoms with Crippen molar-refractivity contribution in [3.63, 3.8) is 0 Å². The number of furan rings is 1. The smallest absolute Gasteiger partial charge is 0.371 e. The molecule has 0 atom stereocenters. The average Bonchev–Trinajstić information content (AvgIpc) is 2.86. The Morgan fingerprint density at radius 2 is 2.21 bits per heavy atom. The number of halogens is 1. The molecule has 5 nitrogen and oxygen atoms in total. The number of hydrogen-bond donors (Lipinski definition) is 2. The van der Waals surface area contributed by atoms with Crippen molar-refractivity contribution in [2.75, 3.05) is 5.32 Å². The number of anilines is 1. The molecule has 1 heterocycles. The molecule has 0 spiro atoms. The van der Waals surface area contributed by atoms with E-state index in [1.807, 2.05) is 6.07 Å². The minimum atomic E-state index is -1.12. The molecule has 96 valence electrons. The zero-order chi connectivity index (χ0) is 13.8. The van der Waals surface area contributed by atoms with Crippen molar-refractivity contribution in [1.29, 1.82) is 5.26 Å². The maximum atomic E-state index is 10.7. The monoisotopic (exact) mass is 276 g/mol. The lowest BCUT2D eigenvalue weighted by Gasteiger charge is -2.06. The first-order chi connectivity index (χ1) is 9.10. The molecule has 2 aromatic rings. The molecule has 0 aliphatic heterocycles. The Bertz CT molecular complexity index is 658. The normalized spacial score (nSPS) is 9.89. The van der Waals surface area contributed by atoms with E-state index in [4.69, 9.17) is 26.4 Å². The van der Waals surface area contributed by atoms with Gasteiger partial charge in [-0.3, -0.25) is 0 Å². The van der Waals surface area contributed by atoms with Crippen molar-refractivity contribution in [3.05, 3.63) is 52.4 Å². The summed E-state index contributed by atoms with van der Waals surface area (Å²) >= 11 is 5.79. The number of carboxylic acids is 1. The van der Waals surface area contributed by atoms with Crippen molar-refractivity contribution in [1.82, 2.24) is 0 Å². The molecular formula is C13H9ClN2O3. The topological polar surface area (TPSA) is 86.3 Å². The predicted octanol–water partition coefficient (Wildman–Crippen LogP) is 3.11. The van der Waals surface area contributed by atoms with Crippen molar-refractivity contribution in [2.45, 2.75) is 6.54 Å². The largest absolute Gasteiger partial charge is 0.475 e. The van der Waals surface area contributed by atoms with Crippen molar-refractivity contribution >= 4 is 23.3 Å². The number of hydrogen-bond acceptors (Lipinski definition) is 4. The van der Waals surface area contributed by atoms with Gasteiger partial charge in [-0.2, -0.15) is 5.26 Å². The molecule has 0 aliphatic carbocycles. The number of carbonyl (C=O) groups is 1. The van der Waals surface area contributed by atoms with Crippen LogP contribution in [0.15, 0.2) is 34.7 Å². The molecule has 0 bridgehead atoms. The van der Waals surface area contributed by atoms with Crippen molar-refractivity contribution < 1.29 is 14.3 Å². The predicted molar refractivity (Wildman–Crippen MR) is 69.2 cm³/mol. The standard InChI is InChI=1S/C13H9ClN2O3/c14-9-1-3-11(8(5-9)6-15)16-7-10-2-4-12(19-10)13(17)18/h1-5,16H,7H2,(H,17,18). The van der Waals surface area contributed by atoms with Crippen LogP contribution in [-0.4, -0.2) is 11.1 Å². The molecule has 0 unspecified atom stereocenters. The van der Waals surface area contributed by atoms with Gasteiger partial charge in [0.05, 0.1) is 17.8 Å². The van der Waals surface area contributed by atoms with Crippen LogP contribution in [0, 0.1) is 11.3 Å². The van der Waals surface area contributed by atoms with Crippen LogP contribution < -0.4 is 5.32 Å². The van der Waals surface area contributed by atoms with E-state index in [2.05, 4.69) is 5.32 Å². The number of benzene rings is 1. The van der Waals surface area contributed by atoms with E-state index in [9.17, 15) is 4.79 Å². The van der Waals surface area contributed by atoms with Gasteiger partial charge in [-0.25, -0.2) is 4.79 Å². The van der Waals surface area contributed by atoms with Gasteiger partial charge in [0.25, 0.3) is 0 Å². The van der Waals surface area contributed by atoms with Crippen LogP contribution in [0.1, 0.15) is 21.9 Å². The van der Waals surface area contributed by atoms with Gasteiger partial charge in [0.1, 0.15) is 11.8 Å². The first-order valence-corrected chi connectivity index (χ1v) is 5.73. The zero-order valence-electron chi connectivity index (χ0n) is 9.68. The van der Waals surface area contributed by atoms with Crippen LogP contribution in [0.25, 0.3) is 0 Å². The third kappa shape index (κ3) is 3.06. The Labute approximate surface area is 114 Å². The number of rotatable bonds is 4. The second-order valence-electron chi connectivity index (χ2n) is 3.73. The molecule has 0 amide bonds. The summed E-state index contributed by atoms with van der Waals surface area (Å²) in [5.41, 5.74) is 1.03. The Hall–Kier alpha value is -2.45. The Kier molecular flexibility index (Phi) is 3.74. The molecule has 19 heavy (non-hydrogen) atoms. The average molecular weight is 277 g/mol. The molecule has 0 aliphatic rings. The summed E-state index contributed by atoms with van der Waals surface area (Å²) in [5, 5.41) is 21.2. The highest BCUT2D eigenvalue weighted by Gasteiger charge is 2.09. The summed E-state index contributed by atoms with van der Waals surface area (Å²) in [5.74, 6) is -0.764. The van der Waals surface area contributed by atoms with E-state index < -0.39 is 5.97 Å². The van der Waals surface area contributed by atoms with Gasteiger partial charge in [-0.15, -0.1) is 0 Å². The first-order valence-electron chi connectivity index (χ1n) is 5.35. The third-order valence-electron chi connectivity index (χ3n) is 2.43. The molecule has 0 saturated heterocycles. The second kappa shape index (κ2) is 5.46. The molecule has 0 radical (unpaired) electrons. The number of nitriles is 1. The number of aromatic carboxylic acids is 1. The van der Waals surface area contributed by atoms with Crippen molar-refractivity contribution in [2.24, 2.45) is 0 Å². The lowest BCUT2D eigenvalue weighted by atomic mass is 10.2. The van der Waals surface area contributed by atoms with Crippen LogP contribution in [0.3, 0.4) is 0 Å². The van der Waals surface area contributed by atoms with E-state index in [0.29, 0.717) is 22.0 Å². The number of nitrogens with one attached hydrogen (secondary N) is 1. The van der Waals surface area contributed by atoms with Gasteiger partial charge in [-0.1, -0.05) is 11.6 Å². The van der Waals surface area contributed by atoms with Crippen LogP contribution >= 0.6 is 11.6 Å². The molecule has 0 saturated carbocycles. The molecule has 1 aromatic carbocycles. The third-order valence-corrected chi connectivity index (χ3v) is 2.66. The fourth-order valence-electron chi connectivity index (χ4n) is 1.53. The van der Waals surface area contributed by atoms with Gasteiger partial charge in [0, 0.05) is 5.02 Å². The molecule has 2 N–H and O–H groups in total. The van der Waals surface area contributed by atoms with Crippen LogP contribution in [0.4, 0.5) is 5.69 Å². The highest BCUT2D eigenvalue weighted by Crippen LogP contribution is 2.20. The molecule has 0 fully saturated rings. The van der Waals surface area contributed by atoms with E-state index in [1.165, 1.54) is 6.07 Å². The SMILES string of the molecule is N#Cc1cc(Cl)ccc1NCc1ccc(C(=O)O)o1. The van der Waals surface area contributed by atoms with E-state index in [-0.39, 0.29) is 12.3 Å².